The molecular formula is C26H32N2O2S. The van der Waals surface area contributed by atoms with E-state index in [2.05, 4.69) is 31.3 Å². The number of benzene rings is 2. The molecule has 0 unspecified atom stereocenters. The van der Waals surface area contributed by atoms with Crippen molar-refractivity contribution >= 4 is 35.0 Å². The Kier molecular flexibility index (Phi) is 7.01. The van der Waals surface area contributed by atoms with E-state index in [-0.39, 0.29) is 17.2 Å². The van der Waals surface area contributed by atoms with Crippen LogP contribution in [-0.2, 0) is 9.59 Å². The van der Waals surface area contributed by atoms with Crippen molar-refractivity contribution in [3.05, 3.63) is 59.7 Å². The number of rotatable bonds is 7. The van der Waals surface area contributed by atoms with E-state index in [4.69, 9.17) is 0 Å². The lowest BCUT2D eigenvalue weighted by Gasteiger charge is -2.28. The zero-order valence-electron chi connectivity index (χ0n) is 18.5. The van der Waals surface area contributed by atoms with Gasteiger partial charge in [-0.2, -0.15) is 0 Å². The van der Waals surface area contributed by atoms with Gasteiger partial charge in [-0.3, -0.25) is 14.5 Å². The fraction of sp³-hybridized carbons (Fsp3) is 0.462. The number of anilines is 2. The summed E-state index contributed by atoms with van der Waals surface area (Å²) in [5.41, 5.74) is 4.03. The van der Waals surface area contributed by atoms with Gasteiger partial charge in [0.2, 0.25) is 11.8 Å². The number of hydrogen-bond donors (Lipinski definition) is 1. The first-order valence-corrected chi connectivity index (χ1v) is 12.5. The van der Waals surface area contributed by atoms with E-state index in [9.17, 15) is 9.59 Å². The standard InChI is InChI=1S/C26H32N2O2S/c1-18(2)22-12-5-6-13-23(22)28-25(30)17-31-26(28)20-10-7-11-21(16-20)27-24(29)15-14-19-8-3-4-9-19/h5-7,10-13,16,18-19,26H,3-4,8-9,14-15,17H2,1-2H3,(H,27,29)/t26-/m1/s1. The number of carbonyl (C=O) groups is 2. The molecule has 2 aromatic carbocycles. The van der Waals surface area contributed by atoms with Gasteiger partial charge < -0.3 is 5.32 Å². The van der Waals surface area contributed by atoms with Crippen LogP contribution in [0.3, 0.4) is 0 Å². The third-order valence-electron chi connectivity index (χ3n) is 6.40. The second kappa shape index (κ2) is 9.90. The van der Waals surface area contributed by atoms with Crippen molar-refractivity contribution in [3.63, 3.8) is 0 Å². The van der Waals surface area contributed by atoms with E-state index < -0.39 is 0 Å². The lowest BCUT2D eigenvalue weighted by atomic mass is 10.00. The topological polar surface area (TPSA) is 49.4 Å². The number of amides is 2. The highest BCUT2D eigenvalue weighted by molar-refractivity contribution is 8.00. The molecule has 2 aromatic rings. The van der Waals surface area contributed by atoms with Gasteiger partial charge in [-0.1, -0.05) is 69.9 Å². The predicted octanol–water partition coefficient (Wildman–Crippen LogP) is 6.50. The summed E-state index contributed by atoms with van der Waals surface area (Å²) < 4.78 is 0. The monoisotopic (exact) mass is 436 g/mol. The molecule has 0 spiro atoms. The summed E-state index contributed by atoms with van der Waals surface area (Å²) in [6.07, 6.45) is 6.72. The summed E-state index contributed by atoms with van der Waals surface area (Å²) in [5, 5.41) is 2.99. The number of hydrogen-bond acceptors (Lipinski definition) is 3. The van der Waals surface area contributed by atoms with Crippen LogP contribution in [0, 0.1) is 5.92 Å². The Morgan fingerprint density at radius 1 is 1.13 bits per heavy atom. The van der Waals surface area contributed by atoms with Gasteiger partial charge in [-0.25, -0.2) is 0 Å². The van der Waals surface area contributed by atoms with Gasteiger partial charge in [0, 0.05) is 17.8 Å². The van der Waals surface area contributed by atoms with Crippen molar-refractivity contribution in [3.8, 4) is 0 Å². The first kappa shape index (κ1) is 21.9. The summed E-state index contributed by atoms with van der Waals surface area (Å²) >= 11 is 1.65. The van der Waals surface area contributed by atoms with Gasteiger partial charge in [-0.15, -0.1) is 11.8 Å². The van der Waals surface area contributed by atoms with Crippen molar-refractivity contribution in [1.82, 2.24) is 0 Å². The largest absolute Gasteiger partial charge is 0.326 e. The SMILES string of the molecule is CC(C)c1ccccc1N1C(=O)CS[C@@H]1c1cccc(NC(=O)CCC2CCCC2)c1. The number of nitrogens with zero attached hydrogens (tertiary/aromatic N) is 1. The van der Waals surface area contributed by atoms with E-state index in [1.165, 1.54) is 31.2 Å². The number of carbonyl (C=O) groups excluding carboxylic acids is 2. The fourth-order valence-electron chi connectivity index (χ4n) is 4.75. The summed E-state index contributed by atoms with van der Waals surface area (Å²) in [6.45, 7) is 4.31. The molecule has 2 aliphatic rings. The van der Waals surface area contributed by atoms with Crippen LogP contribution >= 0.6 is 11.8 Å². The van der Waals surface area contributed by atoms with Gasteiger partial charge in [-0.05, 0) is 47.6 Å². The molecule has 1 saturated carbocycles. The Bertz CT molecular complexity index is 937. The van der Waals surface area contributed by atoms with Crippen LogP contribution in [0.5, 0.6) is 0 Å². The van der Waals surface area contributed by atoms with Crippen molar-refractivity contribution in [2.45, 2.75) is 63.7 Å². The van der Waals surface area contributed by atoms with Crippen LogP contribution < -0.4 is 10.2 Å². The second-order valence-corrected chi connectivity index (χ2v) is 10.1. The maximum absolute atomic E-state index is 12.8. The molecule has 164 valence electrons. The van der Waals surface area contributed by atoms with Crippen LogP contribution in [-0.4, -0.2) is 17.6 Å². The number of para-hydroxylation sites is 1. The molecule has 5 heteroatoms. The molecule has 0 aromatic heterocycles. The molecule has 0 bridgehead atoms. The minimum atomic E-state index is -0.0808. The normalized spacial score (nSPS) is 19.4. The number of thioether (sulfide) groups is 1. The van der Waals surface area contributed by atoms with Gasteiger partial charge in [0.05, 0.1) is 5.75 Å². The first-order chi connectivity index (χ1) is 15.0. The molecule has 1 aliphatic heterocycles. The van der Waals surface area contributed by atoms with Crippen LogP contribution in [0.4, 0.5) is 11.4 Å². The lowest BCUT2D eigenvalue weighted by molar-refractivity contribution is -0.117. The molecule has 4 nitrogen and oxygen atoms in total. The highest BCUT2D eigenvalue weighted by atomic mass is 32.2. The minimum Gasteiger partial charge on any atom is -0.326 e. The Labute approximate surface area is 189 Å². The van der Waals surface area contributed by atoms with Gasteiger partial charge in [0.1, 0.15) is 5.37 Å². The predicted molar refractivity (Wildman–Crippen MR) is 129 cm³/mol. The van der Waals surface area contributed by atoms with Crippen LogP contribution in [0.2, 0.25) is 0 Å². The maximum atomic E-state index is 12.8. The third-order valence-corrected chi connectivity index (χ3v) is 7.61. The summed E-state index contributed by atoms with van der Waals surface area (Å²) in [5.74, 6) is 1.73. The van der Waals surface area contributed by atoms with Crippen molar-refractivity contribution in [2.24, 2.45) is 5.92 Å². The first-order valence-electron chi connectivity index (χ1n) is 11.5. The maximum Gasteiger partial charge on any atom is 0.238 e. The third kappa shape index (κ3) is 5.15. The zero-order chi connectivity index (χ0) is 21.8. The van der Waals surface area contributed by atoms with Crippen LogP contribution in [0.25, 0.3) is 0 Å². The Morgan fingerprint density at radius 3 is 2.68 bits per heavy atom. The number of nitrogens with one attached hydrogen (secondary N) is 1. The summed E-state index contributed by atoms with van der Waals surface area (Å²) in [7, 11) is 0. The molecule has 2 amide bonds. The van der Waals surface area contributed by atoms with Crippen LogP contribution in [0.1, 0.15) is 74.8 Å². The van der Waals surface area contributed by atoms with Crippen molar-refractivity contribution < 1.29 is 9.59 Å². The van der Waals surface area contributed by atoms with E-state index in [1.807, 2.05) is 41.3 Å². The Morgan fingerprint density at radius 2 is 1.90 bits per heavy atom. The summed E-state index contributed by atoms with van der Waals surface area (Å²) in [4.78, 5) is 27.3. The average Bonchev–Trinajstić information content (AvgIpc) is 3.42. The molecular weight excluding hydrogens is 404 g/mol. The lowest BCUT2D eigenvalue weighted by Crippen LogP contribution is -2.29. The smallest absolute Gasteiger partial charge is 0.238 e. The molecule has 1 N–H and O–H groups in total. The second-order valence-electron chi connectivity index (χ2n) is 9.00. The van der Waals surface area contributed by atoms with Crippen LogP contribution in [0.15, 0.2) is 48.5 Å². The molecule has 0 radical (unpaired) electrons. The molecule has 1 heterocycles. The Hall–Kier alpha value is -2.27. The highest BCUT2D eigenvalue weighted by Gasteiger charge is 2.35. The van der Waals surface area contributed by atoms with Crippen molar-refractivity contribution in [1.29, 1.82) is 0 Å². The molecule has 1 aliphatic carbocycles. The average molecular weight is 437 g/mol. The molecule has 1 atom stereocenters. The van der Waals surface area contributed by atoms with Gasteiger partial charge in [0.25, 0.3) is 0 Å². The minimum absolute atomic E-state index is 0.0808. The van der Waals surface area contributed by atoms with E-state index in [0.717, 1.165) is 23.4 Å². The molecule has 4 rings (SSSR count). The molecule has 31 heavy (non-hydrogen) atoms. The van der Waals surface area contributed by atoms with E-state index in [1.54, 1.807) is 11.8 Å². The van der Waals surface area contributed by atoms with Crippen molar-refractivity contribution in [2.75, 3.05) is 16.0 Å². The van der Waals surface area contributed by atoms with E-state index in [0.29, 0.717) is 24.0 Å². The zero-order valence-corrected chi connectivity index (χ0v) is 19.3. The van der Waals surface area contributed by atoms with E-state index >= 15 is 0 Å². The Balaban J connectivity index is 1.50. The molecule has 2 fully saturated rings. The molecule has 1 saturated heterocycles. The van der Waals surface area contributed by atoms with Gasteiger partial charge >= 0.3 is 0 Å². The summed E-state index contributed by atoms with van der Waals surface area (Å²) in [6, 6.07) is 16.2. The fourth-order valence-corrected chi connectivity index (χ4v) is 5.91. The van der Waals surface area contributed by atoms with Gasteiger partial charge in [0.15, 0.2) is 0 Å². The quantitative estimate of drug-likeness (QED) is 0.539. The highest BCUT2D eigenvalue weighted by Crippen LogP contribution is 2.44.